The predicted octanol–water partition coefficient (Wildman–Crippen LogP) is 2.56. The fourth-order valence-electron chi connectivity index (χ4n) is 4.07. The Morgan fingerprint density at radius 3 is 2.52 bits per heavy atom. The van der Waals surface area contributed by atoms with Gasteiger partial charge in [0.05, 0.1) is 5.69 Å². The zero-order valence-electron chi connectivity index (χ0n) is 20.7. The van der Waals surface area contributed by atoms with E-state index in [1.165, 1.54) is 5.56 Å². The Labute approximate surface area is 215 Å². The first-order valence-corrected chi connectivity index (χ1v) is 11.7. The zero-order valence-corrected chi connectivity index (χ0v) is 23.1. The Bertz CT molecular complexity index is 845. The summed E-state index contributed by atoms with van der Waals surface area (Å²) < 4.78 is 1.91. The van der Waals surface area contributed by atoms with E-state index in [2.05, 4.69) is 69.1 Å². The van der Waals surface area contributed by atoms with Gasteiger partial charge in [-0.2, -0.15) is 5.10 Å². The number of aryl methyl sites for hydroxylation is 1. The van der Waals surface area contributed by atoms with Crippen LogP contribution >= 0.6 is 24.0 Å². The molecule has 2 aromatic rings. The lowest BCUT2D eigenvalue weighted by molar-refractivity contribution is 0.255. The van der Waals surface area contributed by atoms with Crippen molar-refractivity contribution >= 4 is 35.9 Å². The van der Waals surface area contributed by atoms with Crippen LogP contribution in [0, 0.1) is 0 Å². The average molecular weight is 570 g/mol. The van der Waals surface area contributed by atoms with E-state index < -0.39 is 0 Å². The first-order valence-electron chi connectivity index (χ1n) is 11.7. The molecule has 9 nitrogen and oxygen atoms in total. The molecule has 1 aliphatic heterocycles. The maximum absolute atomic E-state index is 4.88. The Morgan fingerprint density at radius 1 is 1.18 bits per heavy atom. The van der Waals surface area contributed by atoms with Crippen molar-refractivity contribution in [2.75, 3.05) is 57.8 Å². The fraction of sp³-hybridized carbons (Fsp3) is 0.652. The molecule has 0 unspecified atom stereocenters. The van der Waals surface area contributed by atoms with E-state index in [1.807, 2.05) is 30.2 Å². The molecule has 1 saturated heterocycles. The third-order valence-electron chi connectivity index (χ3n) is 5.69. The van der Waals surface area contributed by atoms with E-state index in [4.69, 9.17) is 4.99 Å². The lowest BCUT2D eigenvalue weighted by atomic mass is 10.1. The van der Waals surface area contributed by atoms with Crippen molar-refractivity contribution in [2.45, 2.75) is 39.7 Å². The summed E-state index contributed by atoms with van der Waals surface area (Å²) in [5.41, 5.74) is 2.42. The molecule has 0 saturated carbocycles. The molecule has 1 N–H and O–H groups in total. The highest BCUT2D eigenvalue weighted by Gasteiger charge is 2.18. The van der Waals surface area contributed by atoms with Crippen molar-refractivity contribution in [2.24, 2.45) is 12.0 Å². The number of guanidine groups is 1. The maximum atomic E-state index is 4.88. The number of halogens is 1. The molecule has 184 valence electrons. The van der Waals surface area contributed by atoms with Crippen molar-refractivity contribution in [1.82, 2.24) is 34.9 Å². The van der Waals surface area contributed by atoms with E-state index in [1.54, 1.807) is 0 Å². The van der Waals surface area contributed by atoms with Gasteiger partial charge in [-0.05, 0) is 25.3 Å². The van der Waals surface area contributed by atoms with Crippen LogP contribution in [-0.2, 0) is 13.6 Å². The summed E-state index contributed by atoms with van der Waals surface area (Å²) in [5, 5.41) is 8.07. The van der Waals surface area contributed by atoms with E-state index in [-0.39, 0.29) is 24.0 Å². The van der Waals surface area contributed by atoms with Gasteiger partial charge in [-0.1, -0.05) is 13.8 Å². The molecule has 0 aromatic carbocycles. The summed E-state index contributed by atoms with van der Waals surface area (Å²) >= 11 is 0. The number of piperazine rings is 1. The minimum absolute atomic E-state index is 0. The van der Waals surface area contributed by atoms with Gasteiger partial charge in [-0.15, -0.1) is 24.0 Å². The van der Waals surface area contributed by atoms with Crippen molar-refractivity contribution in [3.8, 4) is 0 Å². The molecular weight excluding hydrogens is 529 g/mol. The summed E-state index contributed by atoms with van der Waals surface area (Å²) in [6.45, 7) is 14.1. The second kappa shape index (κ2) is 13.7. The number of aliphatic imine (C=N–C) groups is 1. The van der Waals surface area contributed by atoms with E-state index in [0.717, 1.165) is 76.4 Å². The lowest BCUT2D eigenvalue weighted by Gasteiger charge is -2.34. The van der Waals surface area contributed by atoms with Crippen LogP contribution in [0.25, 0.3) is 0 Å². The molecule has 0 radical (unpaired) electrons. The molecule has 33 heavy (non-hydrogen) atoms. The summed E-state index contributed by atoms with van der Waals surface area (Å²) in [4.78, 5) is 20.6. The van der Waals surface area contributed by atoms with Crippen LogP contribution in [-0.4, -0.2) is 88.4 Å². The predicted molar refractivity (Wildman–Crippen MR) is 145 cm³/mol. The van der Waals surface area contributed by atoms with Gasteiger partial charge in [0.25, 0.3) is 0 Å². The molecule has 0 spiro atoms. The monoisotopic (exact) mass is 569 g/mol. The average Bonchev–Trinajstić information content (AvgIpc) is 3.17. The second-order valence-corrected chi connectivity index (χ2v) is 8.69. The van der Waals surface area contributed by atoms with E-state index in [9.17, 15) is 0 Å². The molecule has 0 aliphatic carbocycles. The summed E-state index contributed by atoms with van der Waals surface area (Å²) in [6, 6.07) is 1.86. The number of rotatable bonds is 9. The Balaban J connectivity index is 0.00000385. The first-order chi connectivity index (χ1) is 15.5. The Hall–Kier alpha value is -1.95. The van der Waals surface area contributed by atoms with Gasteiger partial charge < -0.3 is 15.1 Å². The van der Waals surface area contributed by atoms with Crippen LogP contribution in [0.15, 0.2) is 29.6 Å². The smallest absolute Gasteiger partial charge is 0.225 e. The lowest BCUT2D eigenvalue weighted by Crippen LogP contribution is -2.47. The molecule has 0 amide bonds. The van der Waals surface area contributed by atoms with Gasteiger partial charge in [0.1, 0.15) is 0 Å². The number of nitrogens with one attached hydrogen (secondary N) is 1. The molecule has 0 atom stereocenters. The van der Waals surface area contributed by atoms with Crippen LogP contribution < -0.4 is 10.2 Å². The van der Waals surface area contributed by atoms with Crippen LogP contribution in [0.5, 0.6) is 0 Å². The molecule has 0 bridgehead atoms. The summed E-state index contributed by atoms with van der Waals surface area (Å²) in [7, 11) is 4.09. The van der Waals surface area contributed by atoms with Crippen molar-refractivity contribution < 1.29 is 0 Å². The topological polar surface area (TPSA) is 77.7 Å². The van der Waals surface area contributed by atoms with Crippen LogP contribution in [0.1, 0.15) is 44.4 Å². The molecule has 1 aliphatic rings. The van der Waals surface area contributed by atoms with Gasteiger partial charge in [0.15, 0.2) is 5.96 Å². The third kappa shape index (κ3) is 8.09. The Kier molecular flexibility index (Phi) is 11.3. The SMILES string of the molecule is CCNC(=NCCCN1CCN(c2ncccn2)CC1)N(C)Cc1cn(C)nc1C(C)C.I. The molecule has 1 fully saturated rings. The van der Waals surface area contributed by atoms with E-state index >= 15 is 0 Å². The minimum atomic E-state index is 0. The standard InChI is InChI=1S/C23H39N9.HI/c1-6-24-22(29(4)17-20-18-30(5)28-21(20)19(2)3)25-11-8-12-31-13-15-32(16-14-31)23-26-9-7-10-27-23;/h7,9-10,18-19H,6,8,11-17H2,1-5H3,(H,24,25);1H. The van der Waals surface area contributed by atoms with Gasteiger partial charge >= 0.3 is 0 Å². The highest BCUT2D eigenvalue weighted by Crippen LogP contribution is 2.18. The highest BCUT2D eigenvalue weighted by atomic mass is 127. The number of hydrogen-bond acceptors (Lipinski definition) is 6. The second-order valence-electron chi connectivity index (χ2n) is 8.69. The number of nitrogens with zero attached hydrogens (tertiary/aromatic N) is 8. The molecular formula is C23H40IN9. The highest BCUT2D eigenvalue weighted by molar-refractivity contribution is 14.0. The summed E-state index contributed by atoms with van der Waals surface area (Å²) in [6.07, 6.45) is 6.79. The van der Waals surface area contributed by atoms with Crippen LogP contribution in [0.3, 0.4) is 0 Å². The largest absolute Gasteiger partial charge is 0.357 e. The van der Waals surface area contributed by atoms with Crippen molar-refractivity contribution in [1.29, 1.82) is 0 Å². The quantitative estimate of drug-likeness (QED) is 0.215. The van der Waals surface area contributed by atoms with Crippen LogP contribution in [0.4, 0.5) is 5.95 Å². The van der Waals surface area contributed by atoms with Crippen molar-refractivity contribution in [3.05, 3.63) is 35.9 Å². The fourth-order valence-corrected chi connectivity index (χ4v) is 4.07. The van der Waals surface area contributed by atoms with Gasteiger partial charge in [-0.25, -0.2) is 9.97 Å². The summed E-state index contributed by atoms with van der Waals surface area (Å²) in [5.74, 6) is 2.20. The molecule has 10 heteroatoms. The van der Waals surface area contributed by atoms with Gasteiger partial charge in [0, 0.05) is 90.6 Å². The molecule has 2 aromatic heterocycles. The minimum Gasteiger partial charge on any atom is -0.357 e. The van der Waals surface area contributed by atoms with Gasteiger partial charge in [-0.3, -0.25) is 14.6 Å². The normalized spacial score (nSPS) is 15.0. The number of aromatic nitrogens is 4. The van der Waals surface area contributed by atoms with Crippen molar-refractivity contribution in [3.63, 3.8) is 0 Å². The Morgan fingerprint density at radius 2 is 1.88 bits per heavy atom. The van der Waals surface area contributed by atoms with E-state index in [0.29, 0.717) is 5.92 Å². The molecule has 3 rings (SSSR count). The zero-order chi connectivity index (χ0) is 22.9. The molecule has 3 heterocycles. The maximum Gasteiger partial charge on any atom is 0.225 e. The number of hydrogen-bond donors (Lipinski definition) is 1. The first kappa shape index (κ1) is 27.3. The third-order valence-corrected chi connectivity index (χ3v) is 5.69. The van der Waals surface area contributed by atoms with Gasteiger partial charge in [0.2, 0.25) is 5.95 Å². The number of anilines is 1. The van der Waals surface area contributed by atoms with Crippen LogP contribution in [0.2, 0.25) is 0 Å².